The van der Waals surface area contributed by atoms with Gasteiger partial charge in [0.1, 0.15) is 5.82 Å². The highest BCUT2D eigenvalue weighted by molar-refractivity contribution is 9.10. The van der Waals surface area contributed by atoms with Gasteiger partial charge in [-0.1, -0.05) is 46.6 Å². The molecule has 1 nitrogen and oxygen atoms in total. The molecule has 0 heterocycles. The van der Waals surface area contributed by atoms with E-state index < -0.39 is 0 Å². The molecule has 112 valence electrons. The molecule has 2 aromatic carbocycles. The lowest BCUT2D eigenvalue weighted by Gasteiger charge is -2.22. The third-order valence-corrected chi connectivity index (χ3v) is 4.24. The minimum atomic E-state index is -0.215. The molecule has 0 radical (unpaired) electrons. The summed E-state index contributed by atoms with van der Waals surface area (Å²) in [6, 6.07) is 10.7. The topological polar surface area (TPSA) is 12.0 Å². The van der Waals surface area contributed by atoms with Crippen molar-refractivity contribution in [2.45, 2.75) is 26.3 Å². The Morgan fingerprint density at radius 1 is 1.19 bits per heavy atom. The van der Waals surface area contributed by atoms with Crippen LogP contribution in [0.5, 0.6) is 0 Å². The molecule has 0 saturated carbocycles. The fraction of sp³-hybridized carbons (Fsp3) is 0.294. The molecule has 0 aromatic heterocycles. The molecule has 0 amide bonds. The number of hydrogen-bond acceptors (Lipinski definition) is 1. The summed E-state index contributed by atoms with van der Waals surface area (Å²) < 4.78 is 14.3. The van der Waals surface area contributed by atoms with Crippen LogP contribution in [0.3, 0.4) is 0 Å². The third kappa shape index (κ3) is 4.06. The van der Waals surface area contributed by atoms with Crippen molar-refractivity contribution in [3.8, 4) is 0 Å². The van der Waals surface area contributed by atoms with Gasteiger partial charge in [-0.25, -0.2) is 4.39 Å². The molecular formula is C17H18BrClFN. The molecule has 1 N–H and O–H groups in total. The van der Waals surface area contributed by atoms with E-state index in [0.717, 1.165) is 34.1 Å². The molecule has 1 unspecified atom stereocenters. The molecule has 2 aromatic rings. The fourth-order valence-electron chi connectivity index (χ4n) is 2.37. The average molecular weight is 371 g/mol. The maximum absolute atomic E-state index is 13.3. The summed E-state index contributed by atoms with van der Waals surface area (Å²) in [6.45, 7) is 4.91. The number of halogens is 3. The highest BCUT2D eigenvalue weighted by atomic mass is 79.9. The minimum absolute atomic E-state index is 0.0360. The van der Waals surface area contributed by atoms with Crippen molar-refractivity contribution in [1.29, 1.82) is 0 Å². The van der Waals surface area contributed by atoms with E-state index in [1.165, 1.54) is 6.07 Å². The summed E-state index contributed by atoms with van der Waals surface area (Å²) in [7, 11) is 0. The van der Waals surface area contributed by atoms with Crippen molar-refractivity contribution in [3.05, 3.63) is 68.4 Å². The lowest BCUT2D eigenvalue weighted by molar-refractivity contribution is 0.590. The van der Waals surface area contributed by atoms with Crippen LogP contribution in [0.4, 0.5) is 4.39 Å². The predicted octanol–water partition coefficient (Wildman–Crippen LogP) is 5.64. The first kappa shape index (κ1) is 16.5. The van der Waals surface area contributed by atoms with Gasteiger partial charge in [-0.15, -0.1) is 0 Å². The van der Waals surface area contributed by atoms with Gasteiger partial charge < -0.3 is 5.32 Å². The maximum Gasteiger partial charge on any atom is 0.123 e. The molecule has 4 heteroatoms. The molecule has 0 aliphatic heterocycles. The van der Waals surface area contributed by atoms with Crippen molar-refractivity contribution in [3.63, 3.8) is 0 Å². The van der Waals surface area contributed by atoms with Gasteiger partial charge in [0.15, 0.2) is 0 Å². The summed E-state index contributed by atoms with van der Waals surface area (Å²) in [5.41, 5.74) is 2.97. The van der Waals surface area contributed by atoms with Crippen molar-refractivity contribution in [2.24, 2.45) is 0 Å². The molecule has 2 rings (SSSR count). The summed E-state index contributed by atoms with van der Waals surface area (Å²) in [6.07, 6.45) is 1.02. The largest absolute Gasteiger partial charge is 0.306 e. The first-order valence-corrected chi connectivity index (χ1v) is 8.14. The minimum Gasteiger partial charge on any atom is -0.306 e. The normalized spacial score (nSPS) is 12.4. The summed E-state index contributed by atoms with van der Waals surface area (Å²) in [4.78, 5) is 0. The Bertz CT molecular complexity index is 579. The number of aryl methyl sites for hydroxylation is 1. The monoisotopic (exact) mass is 369 g/mol. The molecule has 0 bridgehead atoms. The van der Waals surface area contributed by atoms with Crippen LogP contribution in [-0.4, -0.2) is 6.54 Å². The van der Waals surface area contributed by atoms with Crippen LogP contribution in [0.25, 0.3) is 0 Å². The Hall–Kier alpha value is -0.900. The van der Waals surface area contributed by atoms with Gasteiger partial charge in [0.05, 0.1) is 6.04 Å². The molecule has 21 heavy (non-hydrogen) atoms. The standard InChI is InChI=1S/C17H18BrClFN/c1-3-8-21-17(14-7-5-13(20)9-11(14)2)15-6-4-12(18)10-16(15)19/h4-7,9-10,17,21H,3,8H2,1-2H3. The molecule has 0 aliphatic carbocycles. The van der Waals surface area contributed by atoms with Crippen LogP contribution in [0, 0.1) is 12.7 Å². The number of benzene rings is 2. The Morgan fingerprint density at radius 2 is 1.90 bits per heavy atom. The van der Waals surface area contributed by atoms with E-state index >= 15 is 0 Å². The van der Waals surface area contributed by atoms with E-state index in [1.54, 1.807) is 6.07 Å². The number of nitrogens with one attached hydrogen (secondary N) is 1. The molecule has 0 fully saturated rings. The Labute approximate surface area is 138 Å². The lowest BCUT2D eigenvalue weighted by Crippen LogP contribution is -2.24. The summed E-state index contributed by atoms with van der Waals surface area (Å²) in [5.74, 6) is -0.215. The van der Waals surface area contributed by atoms with Crippen molar-refractivity contribution < 1.29 is 4.39 Å². The van der Waals surface area contributed by atoms with E-state index in [9.17, 15) is 4.39 Å². The molecule has 0 spiro atoms. The Kier molecular flexibility index (Phi) is 5.80. The fourth-order valence-corrected chi connectivity index (χ4v) is 3.16. The quantitative estimate of drug-likeness (QED) is 0.718. The summed E-state index contributed by atoms with van der Waals surface area (Å²) >= 11 is 9.82. The maximum atomic E-state index is 13.3. The Morgan fingerprint density at radius 3 is 2.52 bits per heavy atom. The van der Waals surface area contributed by atoms with E-state index in [2.05, 4.69) is 28.2 Å². The van der Waals surface area contributed by atoms with Crippen molar-refractivity contribution >= 4 is 27.5 Å². The van der Waals surface area contributed by atoms with Crippen LogP contribution in [0.15, 0.2) is 40.9 Å². The van der Waals surface area contributed by atoms with E-state index in [-0.39, 0.29) is 11.9 Å². The van der Waals surface area contributed by atoms with Gasteiger partial charge in [0.25, 0.3) is 0 Å². The van der Waals surface area contributed by atoms with E-state index in [0.29, 0.717) is 5.02 Å². The summed E-state index contributed by atoms with van der Waals surface area (Å²) in [5, 5.41) is 4.20. The van der Waals surface area contributed by atoms with Crippen LogP contribution in [-0.2, 0) is 0 Å². The van der Waals surface area contributed by atoms with Crippen LogP contribution < -0.4 is 5.32 Å². The van der Waals surface area contributed by atoms with Crippen LogP contribution >= 0.6 is 27.5 Å². The van der Waals surface area contributed by atoms with Crippen molar-refractivity contribution in [1.82, 2.24) is 5.32 Å². The highest BCUT2D eigenvalue weighted by Gasteiger charge is 2.18. The molecule has 0 aliphatic rings. The number of rotatable bonds is 5. The van der Waals surface area contributed by atoms with E-state index in [4.69, 9.17) is 11.6 Å². The molecule has 0 saturated heterocycles. The third-order valence-electron chi connectivity index (χ3n) is 3.41. The SMILES string of the molecule is CCCNC(c1ccc(F)cc1C)c1ccc(Br)cc1Cl. The van der Waals surface area contributed by atoms with Gasteiger partial charge in [0.2, 0.25) is 0 Å². The van der Waals surface area contributed by atoms with Gasteiger partial charge in [0, 0.05) is 9.50 Å². The number of hydrogen-bond donors (Lipinski definition) is 1. The van der Waals surface area contributed by atoms with Crippen LogP contribution in [0.1, 0.15) is 36.1 Å². The smallest absolute Gasteiger partial charge is 0.123 e. The van der Waals surface area contributed by atoms with E-state index in [1.807, 2.05) is 31.2 Å². The zero-order valence-corrected chi connectivity index (χ0v) is 14.4. The first-order valence-electron chi connectivity index (χ1n) is 6.97. The first-order chi connectivity index (χ1) is 10.0. The second-order valence-corrected chi connectivity index (χ2v) is 6.38. The zero-order valence-electron chi connectivity index (χ0n) is 12.1. The van der Waals surface area contributed by atoms with Gasteiger partial charge in [-0.2, -0.15) is 0 Å². The lowest BCUT2D eigenvalue weighted by atomic mass is 9.94. The zero-order chi connectivity index (χ0) is 15.4. The highest BCUT2D eigenvalue weighted by Crippen LogP contribution is 2.32. The second-order valence-electron chi connectivity index (χ2n) is 5.05. The van der Waals surface area contributed by atoms with Gasteiger partial charge >= 0.3 is 0 Å². The predicted molar refractivity (Wildman–Crippen MR) is 90.4 cm³/mol. The Balaban J connectivity index is 2.46. The van der Waals surface area contributed by atoms with Gasteiger partial charge in [-0.05, 0) is 60.8 Å². The molecular weight excluding hydrogens is 353 g/mol. The van der Waals surface area contributed by atoms with Crippen LogP contribution in [0.2, 0.25) is 5.02 Å². The second kappa shape index (κ2) is 7.39. The van der Waals surface area contributed by atoms with Crippen molar-refractivity contribution in [2.75, 3.05) is 6.54 Å². The molecule has 1 atom stereocenters. The average Bonchev–Trinajstić information content (AvgIpc) is 2.42. The van der Waals surface area contributed by atoms with Gasteiger partial charge in [-0.3, -0.25) is 0 Å².